The predicted octanol–water partition coefficient (Wildman–Crippen LogP) is 1.18. The van der Waals surface area contributed by atoms with Gasteiger partial charge in [0.2, 0.25) is 11.1 Å². The van der Waals surface area contributed by atoms with Gasteiger partial charge in [-0.2, -0.15) is 0 Å². The molecule has 7 nitrogen and oxygen atoms in total. The molecule has 2 aromatic carbocycles. The largest absolute Gasteiger partial charge is 0.331 e. The highest BCUT2D eigenvalue weighted by Crippen LogP contribution is 2.36. The second-order valence-electron chi connectivity index (χ2n) is 7.87. The number of piperazine rings is 1. The Morgan fingerprint density at radius 2 is 1.90 bits per heavy atom. The van der Waals surface area contributed by atoms with E-state index in [2.05, 4.69) is 58.0 Å². The van der Waals surface area contributed by atoms with E-state index >= 15 is 0 Å². The van der Waals surface area contributed by atoms with Crippen molar-refractivity contribution in [1.82, 2.24) is 25.1 Å². The van der Waals surface area contributed by atoms with Gasteiger partial charge in [0.15, 0.2) is 0 Å². The molecular formula is C21H25N6OS+. The van der Waals surface area contributed by atoms with Crippen LogP contribution in [-0.2, 0) is 11.3 Å². The Hall–Kier alpha value is -2.45. The summed E-state index contributed by atoms with van der Waals surface area (Å²) in [6, 6.07) is 15.5. The van der Waals surface area contributed by atoms with Crippen molar-refractivity contribution in [3.05, 3.63) is 48.0 Å². The van der Waals surface area contributed by atoms with Crippen LogP contribution in [-0.4, -0.2) is 62.9 Å². The Bertz CT molecular complexity index is 1000. The van der Waals surface area contributed by atoms with Crippen LogP contribution in [0.3, 0.4) is 0 Å². The maximum Gasteiger partial charge on any atom is 0.233 e. The molecule has 2 fully saturated rings. The van der Waals surface area contributed by atoms with E-state index in [1.807, 2.05) is 9.58 Å². The number of benzene rings is 2. The Balaban J connectivity index is 1.14. The van der Waals surface area contributed by atoms with Gasteiger partial charge in [-0.05, 0) is 34.0 Å². The summed E-state index contributed by atoms with van der Waals surface area (Å²) in [5, 5.41) is 15.3. The molecule has 1 N–H and O–H groups in total. The van der Waals surface area contributed by atoms with Crippen molar-refractivity contribution in [2.24, 2.45) is 0 Å². The second-order valence-corrected chi connectivity index (χ2v) is 8.81. The van der Waals surface area contributed by atoms with Crippen LogP contribution in [0.25, 0.3) is 10.8 Å². The van der Waals surface area contributed by atoms with Crippen LogP contribution in [0.1, 0.15) is 24.4 Å². The van der Waals surface area contributed by atoms with Crippen molar-refractivity contribution < 1.29 is 9.69 Å². The quantitative estimate of drug-likeness (QED) is 0.620. The number of fused-ring (bicyclic) bond motifs is 1. The molecule has 0 spiro atoms. The van der Waals surface area contributed by atoms with Gasteiger partial charge in [0, 0.05) is 5.56 Å². The van der Waals surface area contributed by atoms with E-state index in [1.165, 1.54) is 33.0 Å². The third kappa shape index (κ3) is 4.13. The molecule has 0 radical (unpaired) electrons. The standard InChI is InChI=1S/C21H24N6OS/c28-20(15-29-21-22-23-24-27(21)18-8-9-18)26-12-10-25(11-13-26)14-17-6-3-5-16-4-1-2-7-19(16)17/h1-7,18H,8-15H2/p+1. The van der Waals surface area contributed by atoms with Crippen molar-refractivity contribution in [3.8, 4) is 0 Å². The second kappa shape index (κ2) is 8.12. The number of nitrogens with one attached hydrogen (secondary N) is 1. The molecule has 2 heterocycles. The third-order valence-corrected chi connectivity index (χ3v) is 6.74. The van der Waals surface area contributed by atoms with Crippen LogP contribution in [0, 0.1) is 0 Å². The number of carbonyl (C=O) groups is 1. The molecule has 2 aliphatic rings. The van der Waals surface area contributed by atoms with Gasteiger partial charge in [0.1, 0.15) is 6.54 Å². The summed E-state index contributed by atoms with van der Waals surface area (Å²) in [6.07, 6.45) is 2.27. The minimum atomic E-state index is 0.185. The van der Waals surface area contributed by atoms with Crippen molar-refractivity contribution in [2.75, 3.05) is 31.9 Å². The fraction of sp³-hybridized carbons (Fsp3) is 0.429. The number of carbonyl (C=O) groups excluding carboxylic acids is 1. The smallest absolute Gasteiger partial charge is 0.233 e. The van der Waals surface area contributed by atoms with Crippen LogP contribution >= 0.6 is 11.8 Å². The van der Waals surface area contributed by atoms with Gasteiger partial charge in [-0.15, -0.1) is 5.10 Å². The monoisotopic (exact) mass is 409 g/mol. The van der Waals surface area contributed by atoms with Crippen LogP contribution in [0.4, 0.5) is 0 Å². The molecule has 5 rings (SSSR count). The molecule has 1 aliphatic heterocycles. The van der Waals surface area contributed by atoms with Crippen molar-refractivity contribution in [3.63, 3.8) is 0 Å². The van der Waals surface area contributed by atoms with E-state index in [0.717, 1.165) is 50.7 Å². The summed E-state index contributed by atoms with van der Waals surface area (Å²) in [4.78, 5) is 16.2. The highest BCUT2D eigenvalue weighted by molar-refractivity contribution is 7.99. The summed E-state index contributed by atoms with van der Waals surface area (Å²) < 4.78 is 1.87. The molecule has 1 saturated carbocycles. The zero-order chi connectivity index (χ0) is 19.6. The maximum absolute atomic E-state index is 12.6. The normalized spacial score (nSPS) is 17.7. The predicted molar refractivity (Wildman–Crippen MR) is 112 cm³/mol. The van der Waals surface area contributed by atoms with Crippen LogP contribution in [0.5, 0.6) is 0 Å². The topological polar surface area (TPSA) is 68.4 Å². The van der Waals surface area contributed by atoms with Crippen molar-refractivity contribution in [1.29, 1.82) is 0 Å². The lowest BCUT2D eigenvalue weighted by Gasteiger charge is -2.32. The lowest BCUT2D eigenvalue weighted by atomic mass is 10.0. The molecule has 1 amide bonds. The fourth-order valence-corrected chi connectivity index (χ4v) is 4.86. The third-order valence-electron chi connectivity index (χ3n) is 5.82. The molecule has 1 saturated heterocycles. The van der Waals surface area contributed by atoms with Gasteiger partial charge in [0.25, 0.3) is 0 Å². The minimum Gasteiger partial charge on any atom is -0.331 e. The first-order valence-electron chi connectivity index (χ1n) is 10.3. The Morgan fingerprint density at radius 3 is 2.72 bits per heavy atom. The number of nitrogens with zero attached hydrogens (tertiary/aromatic N) is 5. The lowest BCUT2D eigenvalue weighted by Crippen LogP contribution is -3.13. The van der Waals surface area contributed by atoms with Crippen LogP contribution in [0.15, 0.2) is 47.6 Å². The molecule has 29 heavy (non-hydrogen) atoms. The van der Waals surface area contributed by atoms with Crippen LogP contribution < -0.4 is 4.90 Å². The van der Waals surface area contributed by atoms with Gasteiger partial charge in [-0.3, -0.25) is 4.79 Å². The number of hydrogen-bond donors (Lipinski definition) is 1. The number of amides is 1. The van der Waals surface area contributed by atoms with E-state index in [-0.39, 0.29) is 5.91 Å². The minimum absolute atomic E-state index is 0.185. The molecule has 0 bridgehead atoms. The Kier molecular flexibility index (Phi) is 5.20. The lowest BCUT2D eigenvalue weighted by molar-refractivity contribution is -0.917. The molecule has 3 aromatic rings. The number of aromatic nitrogens is 4. The number of thioether (sulfide) groups is 1. The van der Waals surface area contributed by atoms with E-state index in [4.69, 9.17) is 0 Å². The highest BCUT2D eigenvalue weighted by Gasteiger charge is 2.29. The maximum atomic E-state index is 12.6. The number of rotatable bonds is 6. The first-order chi connectivity index (χ1) is 14.3. The average Bonchev–Trinajstić information content (AvgIpc) is 3.50. The summed E-state index contributed by atoms with van der Waals surface area (Å²) in [5.74, 6) is 0.593. The number of tetrazole rings is 1. The van der Waals surface area contributed by atoms with Crippen molar-refractivity contribution in [2.45, 2.75) is 30.6 Å². The first-order valence-corrected chi connectivity index (χ1v) is 11.2. The Morgan fingerprint density at radius 1 is 1.10 bits per heavy atom. The summed E-state index contributed by atoms with van der Waals surface area (Å²) in [5.41, 5.74) is 1.39. The van der Waals surface area contributed by atoms with Gasteiger partial charge in [-0.25, -0.2) is 4.68 Å². The molecule has 1 aromatic heterocycles. The molecular weight excluding hydrogens is 384 g/mol. The van der Waals surface area contributed by atoms with Gasteiger partial charge >= 0.3 is 0 Å². The zero-order valence-corrected chi connectivity index (χ0v) is 17.1. The molecule has 0 unspecified atom stereocenters. The van der Waals surface area contributed by atoms with E-state index in [0.29, 0.717) is 11.8 Å². The van der Waals surface area contributed by atoms with E-state index in [9.17, 15) is 4.79 Å². The van der Waals surface area contributed by atoms with Gasteiger partial charge < -0.3 is 9.80 Å². The molecule has 0 atom stereocenters. The van der Waals surface area contributed by atoms with Crippen LogP contribution in [0.2, 0.25) is 0 Å². The molecule has 1 aliphatic carbocycles. The van der Waals surface area contributed by atoms with E-state index in [1.54, 1.807) is 0 Å². The first kappa shape index (κ1) is 18.6. The highest BCUT2D eigenvalue weighted by atomic mass is 32.2. The van der Waals surface area contributed by atoms with Gasteiger partial charge in [0.05, 0.1) is 38.0 Å². The SMILES string of the molecule is O=C(CSc1nnnn1C1CC1)N1CC[NH+](Cc2cccc3ccccc23)CC1. The molecule has 8 heteroatoms. The fourth-order valence-electron chi connectivity index (χ4n) is 4.01. The van der Waals surface area contributed by atoms with E-state index < -0.39 is 0 Å². The number of hydrogen-bond acceptors (Lipinski definition) is 5. The van der Waals surface area contributed by atoms with Crippen molar-refractivity contribution >= 4 is 28.4 Å². The molecule has 150 valence electrons. The number of quaternary nitrogens is 1. The summed E-state index contributed by atoms with van der Waals surface area (Å²) in [6.45, 7) is 4.60. The van der Waals surface area contributed by atoms with Gasteiger partial charge in [-0.1, -0.05) is 54.2 Å². The zero-order valence-electron chi connectivity index (χ0n) is 16.3. The Labute approximate surface area is 174 Å². The summed E-state index contributed by atoms with van der Waals surface area (Å²) in [7, 11) is 0. The summed E-state index contributed by atoms with van der Waals surface area (Å²) >= 11 is 1.46. The average molecular weight is 410 g/mol.